The molecule has 0 aromatic carbocycles. The molecule has 0 aliphatic heterocycles. The van der Waals surface area contributed by atoms with Crippen LogP contribution in [0.4, 0.5) is 5.82 Å². The molecule has 0 aliphatic carbocycles. The van der Waals surface area contributed by atoms with Gasteiger partial charge < -0.3 is 15.0 Å². The minimum absolute atomic E-state index is 0.128. The Balaban J connectivity index is 1.82. The molecule has 0 saturated carbocycles. The summed E-state index contributed by atoms with van der Waals surface area (Å²) >= 11 is 0. The summed E-state index contributed by atoms with van der Waals surface area (Å²) in [7, 11) is 1.86. The van der Waals surface area contributed by atoms with Gasteiger partial charge in [-0.05, 0) is 12.1 Å². The van der Waals surface area contributed by atoms with Gasteiger partial charge in [0.2, 0.25) is 0 Å². The summed E-state index contributed by atoms with van der Waals surface area (Å²) in [4.78, 5) is 15.7. The van der Waals surface area contributed by atoms with Crippen molar-refractivity contribution in [3.63, 3.8) is 0 Å². The van der Waals surface area contributed by atoms with Crippen LogP contribution in [-0.2, 0) is 13.5 Å². The second-order valence-electron chi connectivity index (χ2n) is 4.58. The van der Waals surface area contributed by atoms with E-state index in [0.29, 0.717) is 24.4 Å². The third-order valence-corrected chi connectivity index (χ3v) is 3.18. The molecule has 8 nitrogen and oxygen atoms in total. The number of anilines is 1. The van der Waals surface area contributed by atoms with Crippen molar-refractivity contribution in [1.82, 2.24) is 24.1 Å². The van der Waals surface area contributed by atoms with Crippen molar-refractivity contribution >= 4 is 17.4 Å². The average molecular weight is 286 g/mol. The van der Waals surface area contributed by atoms with E-state index in [1.165, 1.54) is 0 Å². The van der Waals surface area contributed by atoms with Gasteiger partial charge in [0, 0.05) is 26.2 Å². The first-order valence-electron chi connectivity index (χ1n) is 6.44. The molecule has 0 amide bonds. The molecule has 3 rings (SSSR count). The van der Waals surface area contributed by atoms with Crippen molar-refractivity contribution in [3.8, 4) is 0 Å². The third-order valence-electron chi connectivity index (χ3n) is 3.18. The highest BCUT2D eigenvalue weighted by molar-refractivity contribution is 5.92. The summed E-state index contributed by atoms with van der Waals surface area (Å²) in [5.41, 5.74) is 0.722. The van der Waals surface area contributed by atoms with Crippen molar-refractivity contribution < 1.29 is 9.90 Å². The number of carboxylic acids is 1. The Labute approximate surface area is 120 Å². The molecule has 0 fully saturated rings. The van der Waals surface area contributed by atoms with Crippen LogP contribution >= 0.6 is 0 Å². The van der Waals surface area contributed by atoms with Crippen LogP contribution < -0.4 is 5.32 Å². The van der Waals surface area contributed by atoms with Gasteiger partial charge in [-0.25, -0.2) is 9.78 Å². The minimum Gasteiger partial charge on any atom is -0.476 e. The zero-order chi connectivity index (χ0) is 14.8. The number of pyridine rings is 1. The van der Waals surface area contributed by atoms with Crippen LogP contribution in [0, 0.1) is 0 Å². The van der Waals surface area contributed by atoms with Gasteiger partial charge in [-0.2, -0.15) is 0 Å². The number of nitrogens with zero attached hydrogens (tertiary/aromatic N) is 5. The summed E-state index contributed by atoms with van der Waals surface area (Å²) in [6.07, 6.45) is 3.94. The average Bonchev–Trinajstić information content (AvgIpc) is 3.02. The van der Waals surface area contributed by atoms with Crippen LogP contribution in [0.1, 0.15) is 16.3 Å². The van der Waals surface area contributed by atoms with Gasteiger partial charge in [-0.3, -0.25) is 4.40 Å². The van der Waals surface area contributed by atoms with Crippen LogP contribution in [-0.4, -0.2) is 41.8 Å². The van der Waals surface area contributed by atoms with E-state index in [2.05, 4.69) is 20.5 Å². The van der Waals surface area contributed by atoms with Crippen molar-refractivity contribution in [2.45, 2.75) is 6.42 Å². The zero-order valence-electron chi connectivity index (χ0n) is 11.4. The van der Waals surface area contributed by atoms with Gasteiger partial charge in [0.05, 0.1) is 0 Å². The molecule has 3 aromatic rings. The Morgan fingerprint density at radius 2 is 2.29 bits per heavy atom. The van der Waals surface area contributed by atoms with Crippen LogP contribution in [0.5, 0.6) is 0 Å². The highest BCUT2D eigenvalue weighted by Crippen LogP contribution is 2.17. The monoisotopic (exact) mass is 286 g/mol. The molecule has 0 radical (unpaired) electrons. The molecule has 3 heterocycles. The maximum Gasteiger partial charge on any atom is 0.356 e. The van der Waals surface area contributed by atoms with E-state index in [4.69, 9.17) is 0 Å². The third kappa shape index (κ3) is 2.42. The fourth-order valence-corrected chi connectivity index (χ4v) is 2.15. The molecule has 0 aliphatic rings. The quantitative estimate of drug-likeness (QED) is 0.720. The molecule has 2 N–H and O–H groups in total. The van der Waals surface area contributed by atoms with Crippen LogP contribution in [0.3, 0.4) is 0 Å². The van der Waals surface area contributed by atoms with E-state index < -0.39 is 5.97 Å². The second kappa shape index (κ2) is 5.23. The number of rotatable bonds is 5. The molecule has 0 spiro atoms. The summed E-state index contributed by atoms with van der Waals surface area (Å²) in [6, 6.07) is 5.35. The molecule has 8 heteroatoms. The largest absolute Gasteiger partial charge is 0.476 e. The van der Waals surface area contributed by atoms with E-state index in [9.17, 15) is 9.90 Å². The minimum atomic E-state index is -1.02. The van der Waals surface area contributed by atoms with E-state index in [1.807, 2.05) is 17.7 Å². The van der Waals surface area contributed by atoms with Crippen molar-refractivity contribution in [2.75, 3.05) is 11.9 Å². The zero-order valence-corrected chi connectivity index (χ0v) is 11.4. The van der Waals surface area contributed by atoms with Gasteiger partial charge in [0.25, 0.3) is 0 Å². The van der Waals surface area contributed by atoms with E-state index in [-0.39, 0.29) is 5.69 Å². The van der Waals surface area contributed by atoms with Crippen LogP contribution in [0.15, 0.2) is 30.7 Å². The number of aromatic carboxylic acids is 1. The number of nitrogens with one attached hydrogen (secondary N) is 1. The summed E-state index contributed by atoms with van der Waals surface area (Å²) in [6.45, 7) is 0.524. The number of carbonyl (C=O) groups is 1. The van der Waals surface area contributed by atoms with Crippen LogP contribution in [0.25, 0.3) is 5.65 Å². The summed E-state index contributed by atoms with van der Waals surface area (Å²) in [5, 5.41) is 20.2. The first-order chi connectivity index (χ1) is 10.2. The number of hydrogen-bond donors (Lipinski definition) is 2. The highest BCUT2D eigenvalue weighted by atomic mass is 16.4. The second-order valence-corrected chi connectivity index (χ2v) is 4.58. The summed E-state index contributed by atoms with van der Waals surface area (Å²) < 4.78 is 3.37. The first-order valence-corrected chi connectivity index (χ1v) is 6.44. The molecular weight excluding hydrogens is 272 g/mol. The molecule has 0 atom stereocenters. The first kappa shape index (κ1) is 13.1. The number of aryl methyl sites for hydroxylation is 1. The maximum absolute atomic E-state index is 11.4. The predicted molar refractivity (Wildman–Crippen MR) is 75.3 cm³/mol. The van der Waals surface area contributed by atoms with E-state index >= 15 is 0 Å². The lowest BCUT2D eigenvalue weighted by atomic mass is 10.3. The number of imidazole rings is 1. The van der Waals surface area contributed by atoms with Gasteiger partial charge in [-0.15, -0.1) is 10.2 Å². The number of carboxylic acid groups (broad SMARTS) is 1. The van der Waals surface area contributed by atoms with Gasteiger partial charge in [0.15, 0.2) is 11.5 Å². The lowest BCUT2D eigenvalue weighted by molar-refractivity contribution is 0.0690. The molecule has 0 saturated heterocycles. The SMILES string of the molecule is Cn1cnnc1CCNc1nc2ccccn2c1C(=O)O. The number of aromatic nitrogens is 5. The van der Waals surface area contributed by atoms with Crippen molar-refractivity contribution in [1.29, 1.82) is 0 Å². The number of fused-ring (bicyclic) bond motifs is 1. The predicted octanol–water partition coefficient (Wildman–Crippen LogP) is 0.816. The maximum atomic E-state index is 11.4. The fourth-order valence-electron chi connectivity index (χ4n) is 2.15. The normalized spacial score (nSPS) is 10.9. The Morgan fingerprint density at radius 3 is 3.00 bits per heavy atom. The molecular formula is C13H14N6O2. The Bertz CT molecular complexity index is 791. The standard InChI is InChI=1S/C13H14N6O2/c1-18-8-15-17-10(18)5-6-14-12-11(13(20)21)19-7-3-2-4-9(19)16-12/h2-4,7-8,14H,5-6H2,1H3,(H,20,21). The van der Waals surface area contributed by atoms with Crippen LogP contribution in [0.2, 0.25) is 0 Å². The smallest absolute Gasteiger partial charge is 0.356 e. The Hall–Kier alpha value is -2.90. The lowest BCUT2D eigenvalue weighted by Crippen LogP contribution is -2.12. The van der Waals surface area contributed by atoms with Gasteiger partial charge in [0.1, 0.15) is 17.8 Å². The topological polar surface area (TPSA) is 97.3 Å². The Morgan fingerprint density at radius 1 is 1.43 bits per heavy atom. The molecule has 0 unspecified atom stereocenters. The van der Waals surface area contributed by atoms with E-state index in [0.717, 1.165) is 5.82 Å². The summed E-state index contributed by atoms with van der Waals surface area (Å²) in [5.74, 6) is 0.161. The van der Waals surface area contributed by atoms with Crippen molar-refractivity contribution in [3.05, 3.63) is 42.2 Å². The Kier molecular flexibility index (Phi) is 3.27. The molecule has 108 valence electrons. The number of hydrogen-bond acceptors (Lipinski definition) is 5. The molecule has 3 aromatic heterocycles. The van der Waals surface area contributed by atoms with Gasteiger partial charge in [-0.1, -0.05) is 6.07 Å². The molecule has 21 heavy (non-hydrogen) atoms. The highest BCUT2D eigenvalue weighted by Gasteiger charge is 2.18. The molecule has 0 bridgehead atoms. The van der Waals surface area contributed by atoms with Gasteiger partial charge >= 0.3 is 5.97 Å². The van der Waals surface area contributed by atoms with E-state index in [1.54, 1.807) is 29.1 Å². The fraction of sp³-hybridized carbons (Fsp3) is 0.231. The van der Waals surface area contributed by atoms with Crippen molar-refractivity contribution in [2.24, 2.45) is 7.05 Å². The lowest BCUT2D eigenvalue weighted by Gasteiger charge is -2.04.